The Kier molecular flexibility index (Phi) is 7.09. The number of hydrogen-bond donors (Lipinski definition) is 1. The second-order valence-electron chi connectivity index (χ2n) is 3.91. The third-order valence-corrected chi connectivity index (χ3v) is 4.40. The molecule has 0 aromatic carbocycles. The first-order valence-corrected chi connectivity index (χ1v) is 7.43. The van der Waals surface area contributed by atoms with E-state index in [0.29, 0.717) is 0 Å². The fourth-order valence-corrected chi connectivity index (χ4v) is 3.14. The SMILES string of the molecule is O=C(O)CCCCCSC1=C(Cl)CCC(Cl)=C1. The fourth-order valence-electron chi connectivity index (χ4n) is 1.50. The maximum Gasteiger partial charge on any atom is 0.303 e. The van der Waals surface area contributed by atoms with Crippen molar-refractivity contribution in [3.05, 3.63) is 21.0 Å². The van der Waals surface area contributed by atoms with Crippen LogP contribution in [0.1, 0.15) is 38.5 Å². The maximum absolute atomic E-state index is 10.3. The van der Waals surface area contributed by atoms with E-state index >= 15 is 0 Å². The predicted molar refractivity (Wildman–Crippen MR) is 74.6 cm³/mol. The summed E-state index contributed by atoms with van der Waals surface area (Å²) in [5, 5.41) is 10.2. The number of hydrogen-bond acceptors (Lipinski definition) is 2. The third kappa shape index (κ3) is 6.39. The lowest BCUT2D eigenvalue weighted by Crippen LogP contribution is -1.94. The van der Waals surface area contributed by atoms with E-state index in [4.69, 9.17) is 28.3 Å². The first-order chi connectivity index (χ1) is 8.09. The van der Waals surface area contributed by atoms with Crippen LogP contribution in [0.4, 0.5) is 0 Å². The van der Waals surface area contributed by atoms with E-state index in [0.717, 1.165) is 52.8 Å². The van der Waals surface area contributed by atoms with Gasteiger partial charge < -0.3 is 5.11 Å². The molecule has 0 aromatic heterocycles. The van der Waals surface area contributed by atoms with Gasteiger partial charge in [-0.1, -0.05) is 29.6 Å². The molecule has 0 saturated heterocycles. The molecular formula is C12H16Cl2O2S. The highest BCUT2D eigenvalue weighted by molar-refractivity contribution is 8.03. The molecule has 1 N–H and O–H groups in total. The number of thioether (sulfide) groups is 1. The molecule has 0 spiro atoms. The number of rotatable bonds is 7. The van der Waals surface area contributed by atoms with Gasteiger partial charge in [0, 0.05) is 21.4 Å². The van der Waals surface area contributed by atoms with Gasteiger partial charge in [-0.05, 0) is 37.5 Å². The van der Waals surface area contributed by atoms with Crippen LogP contribution in [0.3, 0.4) is 0 Å². The number of carbonyl (C=O) groups is 1. The van der Waals surface area contributed by atoms with E-state index in [9.17, 15) is 4.79 Å². The molecular weight excluding hydrogens is 279 g/mol. The number of unbranched alkanes of at least 4 members (excludes halogenated alkanes) is 2. The molecule has 0 aromatic rings. The van der Waals surface area contributed by atoms with Crippen molar-refractivity contribution in [3.63, 3.8) is 0 Å². The Hall–Kier alpha value is -0.120. The molecule has 0 bridgehead atoms. The lowest BCUT2D eigenvalue weighted by molar-refractivity contribution is -0.137. The van der Waals surface area contributed by atoms with Crippen molar-refractivity contribution in [1.29, 1.82) is 0 Å². The molecule has 1 rings (SSSR count). The van der Waals surface area contributed by atoms with E-state index < -0.39 is 5.97 Å². The summed E-state index contributed by atoms with van der Waals surface area (Å²) < 4.78 is 0. The Balaban J connectivity index is 2.16. The van der Waals surface area contributed by atoms with E-state index in [1.54, 1.807) is 11.8 Å². The average Bonchev–Trinajstić information content (AvgIpc) is 2.27. The maximum atomic E-state index is 10.3. The second-order valence-corrected chi connectivity index (χ2v) is 5.99. The van der Waals surface area contributed by atoms with Crippen LogP contribution in [0.15, 0.2) is 21.0 Å². The molecule has 0 saturated carbocycles. The Morgan fingerprint density at radius 2 is 2.06 bits per heavy atom. The minimum absolute atomic E-state index is 0.264. The molecule has 0 unspecified atom stereocenters. The molecule has 0 atom stereocenters. The van der Waals surface area contributed by atoms with Crippen LogP contribution in [0.25, 0.3) is 0 Å². The molecule has 0 fully saturated rings. The zero-order valence-corrected chi connectivity index (χ0v) is 11.9. The molecule has 1 aliphatic rings. The molecule has 96 valence electrons. The topological polar surface area (TPSA) is 37.3 Å². The first kappa shape index (κ1) is 14.9. The molecule has 17 heavy (non-hydrogen) atoms. The van der Waals surface area contributed by atoms with Crippen molar-refractivity contribution in [1.82, 2.24) is 0 Å². The summed E-state index contributed by atoms with van der Waals surface area (Å²) in [4.78, 5) is 11.4. The van der Waals surface area contributed by atoms with Crippen LogP contribution >= 0.6 is 35.0 Å². The molecule has 2 nitrogen and oxygen atoms in total. The van der Waals surface area contributed by atoms with Gasteiger partial charge in [-0.3, -0.25) is 4.79 Å². The van der Waals surface area contributed by atoms with Gasteiger partial charge in [0.25, 0.3) is 0 Å². The lowest BCUT2D eigenvalue weighted by Gasteiger charge is -2.12. The fraction of sp³-hybridized carbons (Fsp3) is 0.583. The standard InChI is InChI=1S/C12H16Cl2O2S/c13-9-5-6-10(14)11(8-9)17-7-3-1-2-4-12(15)16/h8H,1-7H2,(H,15,16). The summed E-state index contributed by atoms with van der Waals surface area (Å²) in [7, 11) is 0. The van der Waals surface area contributed by atoms with Gasteiger partial charge in [0.05, 0.1) is 0 Å². The van der Waals surface area contributed by atoms with Crippen LogP contribution in [0.2, 0.25) is 0 Å². The van der Waals surface area contributed by atoms with E-state index in [1.807, 2.05) is 6.08 Å². The minimum atomic E-state index is -0.717. The Bertz CT molecular complexity index is 337. The quantitative estimate of drug-likeness (QED) is 0.690. The monoisotopic (exact) mass is 294 g/mol. The van der Waals surface area contributed by atoms with Gasteiger partial charge >= 0.3 is 5.97 Å². The Morgan fingerprint density at radius 3 is 2.76 bits per heavy atom. The number of carboxylic acids is 1. The Labute approximate surface area is 116 Å². The molecule has 0 amide bonds. The summed E-state index contributed by atoms with van der Waals surface area (Å²) in [5.41, 5.74) is 0. The molecule has 0 heterocycles. The van der Waals surface area contributed by atoms with Crippen LogP contribution in [0, 0.1) is 0 Å². The van der Waals surface area contributed by atoms with Gasteiger partial charge in [0.1, 0.15) is 0 Å². The summed E-state index contributed by atoms with van der Waals surface area (Å²) in [6.45, 7) is 0. The lowest BCUT2D eigenvalue weighted by atomic mass is 10.2. The number of aliphatic carboxylic acids is 1. The summed E-state index contributed by atoms with van der Waals surface area (Å²) in [6.07, 6.45) is 6.58. The zero-order valence-electron chi connectivity index (χ0n) is 9.55. The van der Waals surface area contributed by atoms with Crippen molar-refractivity contribution in [2.45, 2.75) is 38.5 Å². The summed E-state index contributed by atoms with van der Waals surface area (Å²) in [5.74, 6) is 0.247. The first-order valence-electron chi connectivity index (χ1n) is 5.69. The highest BCUT2D eigenvalue weighted by Gasteiger charge is 2.10. The Morgan fingerprint density at radius 1 is 1.29 bits per heavy atom. The molecule has 1 aliphatic carbocycles. The minimum Gasteiger partial charge on any atom is -0.481 e. The van der Waals surface area contributed by atoms with E-state index in [2.05, 4.69) is 0 Å². The average molecular weight is 295 g/mol. The highest BCUT2D eigenvalue weighted by Crippen LogP contribution is 2.35. The number of halogens is 2. The van der Waals surface area contributed by atoms with E-state index in [-0.39, 0.29) is 6.42 Å². The molecule has 0 radical (unpaired) electrons. The third-order valence-electron chi connectivity index (χ3n) is 2.43. The van der Waals surface area contributed by atoms with Crippen LogP contribution in [-0.2, 0) is 4.79 Å². The van der Waals surface area contributed by atoms with E-state index in [1.165, 1.54) is 0 Å². The predicted octanol–water partition coefficient (Wildman–Crippen LogP) is 4.73. The number of carboxylic acid groups (broad SMARTS) is 1. The van der Waals surface area contributed by atoms with Crippen LogP contribution in [0.5, 0.6) is 0 Å². The second kappa shape index (κ2) is 8.06. The van der Waals surface area contributed by atoms with Gasteiger partial charge in [0.15, 0.2) is 0 Å². The van der Waals surface area contributed by atoms with Crippen LogP contribution < -0.4 is 0 Å². The summed E-state index contributed by atoms with van der Waals surface area (Å²) >= 11 is 13.8. The van der Waals surface area contributed by atoms with Gasteiger partial charge in [-0.2, -0.15) is 0 Å². The van der Waals surface area contributed by atoms with Crippen molar-refractivity contribution in [3.8, 4) is 0 Å². The summed E-state index contributed by atoms with van der Waals surface area (Å²) in [6, 6.07) is 0. The molecule has 5 heteroatoms. The van der Waals surface area contributed by atoms with Crippen molar-refractivity contribution in [2.24, 2.45) is 0 Å². The smallest absolute Gasteiger partial charge is 0.303 e. The number of allylic oxidation sites excluding steroid dienone is 3. The van der Waals surface area contributed by atoms with Crippen molar-refractivity contribution in [2.75, 3.05) is 5.75 Å². The van der Waals surface area contributed by atoms with Crippen molar-refractivity contribution >= 4 is 40.9 Å². The van der Waals surface area contributed by atoms with Gasteiger partial charge in [0.2, 0.25) is 0 Å². The largest absolute Gasteiger partial charge is 0.481 e. The highest BCUT2D eigenvalue weighted by atomic mass is 35.5. The van der Waals surface area contributed by atoms with Gasteiger partial charge in [-0.25, -0.2) is 0 Å². The van der Waals surface area contributed by atoms with Crippen molar-refractivity contribution < 1.29 is 9.90 Å². The zero-order chi connectivity index (χ0) is 12.7. The molecule has 0 aliphatic heterocycles. The van der Waals surface area contributed by atoms with Crippen LogP contribution in [-0.4, -0.2) is 16.8 Å². The van der Waals surface area contributed by atoms with Gasteiger partial charge in [-0.15, -0.1) is 11.8 Å². The normalized spacial score (nSPS) is 16.0.